The monoisotopic (exact) mass is 480 g/mol. The molecular formula is C31H32N2O3. The summed E-state index contributed by atoms with van der Waals surface area (Å²) in [7, 11) is 0. The average Bonchev–Trinajstić information content (AvgIpc) is 3.01. The number of nitrogens with one attached hydrogen (secondary N) is 1. The third-order valence-corrected chi connectivity index (χ3v) is 6.82. The van der Waals surface area contributed by atoms with Crippen LogP contribution in [0.5, 0.6) is 5.75 Å². The Kier molecular flexibility index (Phi) is 6.40. The van der Waals surface area contributed by atoms with E-state index >= 15 is 0 Å². The van der Waals surface area contributed by atoms with E-state index in [4.69, 9.17) is 4.74 Å². The Morgan fingerprint density at radius 1 is 0.972 bits per heavy atom. The van der Waals surface area contributed by atoms with Crippen LogP contribution in [0.1, 0.15) is 62.0 Å². The zero-order valence-electron chi connectivity index (χ0n) is 21.1. The van der Waals surface area contributed by atoms with Crippen LogP contribution in [-0.4, -0.2) is 18.3 Å². The Morgan fingerprint density at radius 2 is 1.67 bits per heavy atom. The number of ketones is 1. The molecule has 3 aromatic carbocycles. The summed E-state index contributed by atoms with van der Waals surface area (Å²) in [5.74, 6) is 0.591. The number of amides is 1. The van der Waals surface area contributed by atoms with Gasteiger partial charge in [0.25, 0.3) is 5.91 Å². The van der Waals surface area contributed by atoms with E-state index in [-0.39, 0.29) is 17.1 Å². The lowest BCUT2D eigenvalue weighted by molar-refractivity contribution is -0.118. The van der Waals surface area contributed by atoms with Crippen LogP contribution in [0.25, 0.3) is 0 Å². The van der Waals surface area contributed by atoms with Crippen molar-refractivity contribution in [3.63, 3.8) is 0 Å². The van der Waals surface area contributed by atoms with Gasteiger partial charge >= 0.3 is 0 Å². The van der Waals surface area contributed by atoms with Crippen molar-refractivity contribution in [3.05, 3.63) is 101 Å². The van der Waals surface area contributed by atoms with Crippen LogP contribution in [0.15, 0.2) is 90.1 Å². The number of carbonyl (C=O) groups is 2. The number of rotatable bonds is 5. The van der Waals surface area contributed by atoms with Gasteiger partial charge in [-0.3, -0.25) is 14.5 Å². The maximum Gasteiger partial charge on any atom is 0.259 e. The van der Waals surface area contributed by atoms with Gasteiger partial charge in [-0.25, -0.2) is 0 Å². The predicted molar refractivity (Wildman–Crippen MR) is 143 cm³/mol. The number of hydrogen-bond donors (Lipinski definition) is 1. The molecule has 2 aliphatic rings. The maximum atomic E-state index is 14.3. The molecule has 0 spiro atoms. The van der Waals surface area contributed by atoms with Gasteiger partial charge in [-0.2, -0.15) is 0 Å². The van der Waals surface area contributed by atoms with E-state index in [9.17, 15) is 9.59 Å². The first-order chi connectivity index (χ1) is 17.4. The summed E-state index contributed by atoms with van der Waals surface area (Å²) in [5, 5.41) is 3.57. The second-order valence-corrected chi connectivity index (χ2v) is 10.3. The van der Waals surface area contributed by atoms with Gasteiger partial charge in [-0.1, -0.05) is 69.3 Å². The quantitative estimate of drug-likeness (QED) is 0.430. The van der Waals surface area contributed by atoms with Crippen molar-refractivity contribution in [2.75, 3.05) is 16.8 Å². The minimum atomic E-state index is -0.625. The Labute approximate surface area is 212 Å². The first-order valence-electron chi connectivity index (χ1n) is 12.6. The molecule has 36 heavy (non-hydrogen) atoms. The highest BCUT2D eigenvalue weighted by Gasteiger charge is 2.44. The van der Waals surface area contributed by atoms with Gasteiger partial charge in [-0.15, -0.1) is 0 Å². The fourth-order valence-electron chi connectivity index (χ4n) is 5.27. The van der Waals surface area contributed by atoms with Crippen LogP contribution in [-0.2, 0) is 4.79 Å². The third-order valence-electron chi connectivity index (χ3n) is 6.82. The molecule has 1 atom stereocenters. The van der Waals surface area contributed by atoms with E-state index in [1.54, 1.807) is 4.90 Å². The number of anilines is 2. The number of hydrogen-bond acceptors (Lipinski definition) is 4. The van der Waals surface area contributed by atoms with Crippen LogP contribution in [0.3, 0.4) is 0 Å². The fourth-order valence-corrected chi connectivity index (χ4v) is 5.27. The smallest absolute Gasteiger partial charge is 0.259 e. The van der Waals surface area contributed by atoms with E-state index in [1.165, 1.54) is 0 Å². The molecule has 3 aromatic rings. The fraction of sp³-hybridized carbons (Fsp3) is 0.290. The van der Waals surface area contributed by atoms with Crippen LogP contribution in [0.4, 0.5) is 11.4 Å². The number of carbonyl (C=O) groups excluding carboxylic acids is 2. The highest BCUT2D eigenvalue weighted by molar-refractivity contribution is 6.12. The Balaban J connectivity index is 1.80. The Morgan fingerprint density at radius 3 is 2.44 bits per heavy atom. The molecule has 1 N–H and O–H groups in total. The van der Waals surface area contributed by atoms with Crippen molar-refractivity contribution < 1.29 is 14.3 Å². The lowest BCUT2D eigenvalue weighted by atomic mass is 9.73. The molecule has 0 saturated heterocycles. The van der Waals surface area contributed by atoms with Gasteiger partial charge < -0.3 is 10.1 Å². The molecule has 0 saturated carbocycles. The summed E-state index contributed by atoms with van der Waals surface area (Å²) in [5.41, 5.74) is 4.27. The van der Waals surface area contributed by atoms with Gasteiger partial charge in [0.2, 0.25) is 0 Å². The molecule has 0 aromatic heterocycles. The van der Waals surface area contributed by atoms with E-state index in [0.29, 0.717) is 36.3 Å². The molecule has 0 fully saturated rings. The third kappa shape index (κ3) is 4.41. The largest absolute Gasteiger partial charge is 0.493 e. The topological polar surface area (TPSA) is 58.6 Å². The van der Waals surface area contributed by atoms with Crippen molar-refractivity contribution in [2.45, 2.75) is 46.1 Å². The Bertz CT molecular complexity index is 1330. The molecule has 0 radical (unpaired) electrons. The summed E-state index contributed by atoms with van der Waals surface area (Å²) < 4.78 is 6.17. The molecular weight excluding hydrogens is 448 g/mol. The van der Waals surface area contributed by atoms with Crippen molar-refractivity contribution in [1.82, 2.24) is 0 Å². The number of para-hydroxylation sites is 3. The minimum absolute atomic E-state index is 0.0581. The molecule has 5 heteroatoms. The molecule has 0 unspecified atom stereocenters. The molecule has 1 aliphatic heterocycles. The first-order valence-corrected chi connectivity index (χ1v) is 12.6. The summed E-state index contributed by atoms with van der Waals surface area (Å²) in [4.78, 5) is 29.9. The molecule has 1 amide bonds. The van der Waals surface area contributed by atoms with E-state index in [0.717, 1.165) is 29.1 Å². The number of fused-ring (bicyclic) bond motifs is 1. The standard InChI is InChI=1S/C31H32N2O3/c1-4-18-36-27-17-11-8-14-22(27)29-28-24(19-31(2,3)20-26(28)34)32-23-15-9-10-16-25(23)33(29)30(35)21-12-6-5-7-13-21/h5-17,29,32H,4,18-20H2,1-3H3/t29-/m1/s1. The van der Waals surface area contributed by atoms with Crippen LogP contribution >= 0.6 is 0 Å². The van der Waals surface area contributed by atoms with Crippen molar-refractivity contribution in [3.8, 4) is 5.75 Å². The van der Waals surface area contributed by atoms with E-state index in [2.05, 4.69) is 26.1 Å². The highest BCUT2D eigenvalue weighted by Crippen LogP contribution is 2.50. The molecule has 5 rings (SSSR count). The predicted octanol–water partition coefficient (Wildman–Crippen LogP) is 6.93. The van der Waals surface area contributed by atoms with Gasteiger partial charge in [0, 0.05) is 28.8 Å². The van der Waals surface area contributed by atoms with Gasteiger partial charge in [0.1, 0.15) is 5.75 Å². The number of ether oxygens (including phenoxy) is 1. The van der Waals surface area contributed by atoms with Crippen LogP contribution < -0.4 is 15.0 Å². The maximum absolute atomic E-state index is 14.3. The Hall–Kier alpha value is -3.86. The van der Waals surface area contributed by atoms with Gasteiger partial charge in [0.05, 0.1) is 24.0 Å². The van der Waals surface area contributed by atoms with Crippen LogP contribution in [0.2, 0.25) is 0 Å². The zero-order valence-corrected chi connectivity index (χ0v) is 21.1. The molecule has 5 nitrogen and oxygen atoms in total. The van der Waals surface area contributed by atoms with E-state index in [1.807, 2.05) is 78.9 Å². The SMILES string of the molecule is CCCOc1ccccc1[C@@H]1C2=C(CC(C)(C)CC2=O)Nc2ccccc2N1C(=O)c1ccccc1. The summed E-state index contributed by atoms with van der Waals surface area (Å²) >= 11 is 0. The van der Waals surface area contributed by atoms with Gasteiger partial charge in [0.15, 0.2) is 5.78 Å². The zero-order chi connectivity index (χ0) is 25.3. The second kappa shape index (κ2) is 9.65. The second-order valence-electron chi connectivity index (χ2n) is 10.3. The van der Waals surface area contributed by atoms with E-state index < -0.39 is 6.04 Å². The van der Waals surface area contributed by atoms with Crippen molar-refractivity contribution >= 4 is 23.1 Å². The lowest BCUT2D eigenvalue weighted by Gasteiger charge is -2.37. The first kappa shape index (κ1) is 23.9. The summed E-state index contributed by atoms with van der Waals surface area (Å²) in [6.45, 7) is 6.85. The summed E-state index contributed by atoms with van der Waals surface area (Å²) in [6.07, 6.45) is 1.99. The number of nitrogens with zero attached hydrogens (tertiary/aromatic N) is 1. The van der Waals surface area contributed by atoms with Gasteiger partial charge in [-0.05, 0) is 48.6 Å². The van der Waals surface area contributed by atoms with Crippen molar-refractivity contribution in [2.24, 2.45) is 5.41 Å². The van der Waals surface area contributed by atoms with Crippen LogP contribution in [0, 0.1) is 5.41 Å². The summed E-state index contributed by atoms with van der Waals surface area (Å²) in [6, 6.07) is 24.2. The van der Waals surface area contributed by atoms with Crippen molar-refractivity contribution in [1.29, 1.82) is 0 Å². The number of allylic oxidation sites excluding steroid dienone is 1. The molecule has 1 aliphatic carbocycles. The normalized spacial score (nSPS) is 18.6. The highest BCUT2D eigenvalue weighted by atomic mass is 16.5. The number of benzene rings is 3. The molecule has 1 heterocycles. The lowest BCUT2D eigenvalue weighted by Crippen LogP contribution is -2.39. The average molecular weight is 481 g/mol. The molecule has 184 valence electrons. The molecule has 0 bridgehead atoms. The number of Topliss-reactive ketones (excluding diaryl/α,β-unsaturated/α-hetero) is 1. The minimum Gasteiger partial charge on any atom is -0.493 e.